The number of halogens is 1. The van der Waals surface area contributed by atoms with Gasteiger partial charge in [-0.25, -0.2) is 0 Å². The maximum absolute atomic E-state index is 5.75. The molecule has 1 rings (SSSR count). The van der Waals surface area contributed by atoms with Crippen molar-refractivity contribution in [1.29, 1.82) is 0 Å². The average Bonchev–Trinajstić information content (AvgIpc) is 1.88. The molecular weight excluding hydrogens is 156 g/mol. The second-order valence-electron chi connectivity index (χ2n) is 2.31. The molecule has 62 valence electrons. The summed E-state index contributed by atoms with van der Waals surface area (Å²) in [6, 6.07) is 6.01. The summed E-state index contributed by atoms with van der Waals surface area (Å²) in [7, 11) is 0. The fourth-order valence-corrected chi connectivity index (χ4v) is 1.26. The Morgan fingerprint density at radius 1 is 0.909 bits per heavy atom. The summed E-state index contributed by atoms with van der Waals surface area (Å²) >= 11 is 5.75. The lowest BCUT2D eigenvalue weighted by Gasteiger charge is -1.95. The molecule has 0 heterocycles. The lowest BCUT2D eigenvalue weighted by atomic mass is 10.2. The third-order valence-electron chi connectivity index (χ3n) is 1.19. The molecule has 0 radical (unpaired) electrons. The molecule has 0 spiro atoms. The molecule has 1 aromatic carbocycles. The first-order valence-electron chi connectivity index (χ1n) is 3.92. The van der Waals surface area contributed by atoms with Gasteiger partial charge in [-0.2, -0.15) is 0 Å². The zero-order valence-corrected chi connectivity index (χ0v) is 8.37. The first-order valence-corrected chi connectivity index (χ1v) is 4.30. The molecule has 0 aromatic heterocycles. The molecule has 0 amide bonds. The molecule has 11 heavy (non-hydrogen) atoms. The largest absolute Gasteiger partial charge is 0.0843 e. The molecular formula is C10H15Cl. The Bertz CT molecular complexity index is 166. The van der Waals surface area contributed by atoms with E-state index in [0.29, 0.717) is 0 Å². The summed E-state index contributed by atoms with van der Waals surface area (Å²) in [5, 5.41) is 0.826. The average molecular weight is 171 g/mol. The molecule has 1 heteroatoms. The van der Waals surface area contributed by atoms with Gasteiger partial charge in [-0.3, -0.25) is 0 Å². The topological polar surface area (TPSA) is 0 Å². The van der Waals surface area contributed by atoms with Gasteiger partial charge in [-0.15, -0.1) is 0 Å². The minimum atomic E-state index is 0.826. The smallest absolute Gasteiger partial charge is 0.0411 e. The second kappa shape index (κ2) is 5.20. The van der Waals surface area contributed by atoms with E-state index >= 15 is 0 Å². The van der Waals surface area contributed by atoms with Crippen LogP contribution in [0.5, 0.6) is 0 Å². The normalized spacial score (nSPS) is 8.45. The minimum absolute atomic E-state index is 0.826. The lowest BCUT2D eigenvalue weighted by molar-refractivity contribution is 1.39. The number of rotatable bonds is 0. The summed E-state index contributed by atoms with van der Waals surface area (Å²) in [4.78, 5) is 0. The fraction of sp³-hybridized carbons (Fsp3) is 0.400. The number of aryl methyl sites for hydroxylation is 2. The van der Waals surface area contributed by atoms with E-state index in [1.165, 1.54) is 11.1 Å². The van der Waals surface area contributed by atoms with Gasteiger partial charge in [0, 0.05) is 5.02 Å². The van der Waals surface area contributed by atoms with Crippen molar-refractivity contribution in [2.75, 3.05) is 0 Å². The third kappa shape index (κ3) is 4.05. The second-order valence-corrected chi connectivity index (χ2v) is 2.74. The number of benzene rings is 1. The molecule has 0 saturated carbocycles. The van der Waals surface area contributed by atoms with E-state index in [1.54, 1.807) is 0 Å². The highest BCUT2D eigenvalue weighted by atomic mass is 35.5. The fourth-order valence-electron chi connectivity index (χ4n) is 0.919. The molecule has 0 atom stereocenters. The van der Waals surface area contributed by atoms with E-state index < -0.39 is 0 Å². The molecule has 0 N–H and O–H groups in total. The van der Waals surface area contributed by atoms with Gasteiger partial charge in [0.1, 0.15) is 0 Å². The molecule has 1 aromatic rings. The first kappa shape index (κ1) is 10.5. The van der Waals surface area contributed by atoms with Crippen LogP contribution in [0.3, 0.4) is 0 Å². The highest BCUT2D eigenvalue weighted by Gasteiger charge is 1.89. The number of hydrogen-bond acceptors (Lipinski definition) is 0. The molecule has 0 unspecified atom stereocenters. The van der Waals surface area contributed by atoms with Gasteiger partial charge in [0.05, 0.1) is 0 Å². The van der Waals surface area contributed by atoms with Crippen molar-refractivity contribution in [3.8, 4) is 0 Å². The van der Waals surface area contributed by atoms with Gasteiger partial charge in [0.2, 0.25) is 0 Å². The van der Waals surface area contributed by atoms with Crippen molar-refractivity contribution in [3.05, 3.63) is 34.3 Å². The van der Waals surface area contributed by atoms with Crippen LogP contribution < -0.4 is 0 Å². The summed E-state index contributed by atoms with van der Waals surface area (Å²) < 4.78 is 0. The third-order valence-corrected chi connectivity index (χ3v) is 1.40. The van der Waals surface area contributed by atoms with E-state index in [1.807, 2.05) is 39.8 Å². The van der Waals surface area contributed by atoms with E-state index in [9.17, 15) is 0 Å². The van der Waals surface area contributed by atoms with Crippen LogP contribution in [0, 0.1) is 13.8 Å². The van der Waals surface area contributed by atoms with Gasteiger partial charge >= 0.3 is 0 Å². The van der Waals surface area contributed by atoms with Crippen LogP contribution in [0.1, 0.15) is 25.0 Å². The van der Waals surface area contributed by atoms with Crippen LogP contribution in [-0.4, -0.2) is 0 Å². The maximum Gasteiger partial charge on any atom is 0.0411 e. The highest BCUT2D eigenvalue weighted by molar-refractivity contribution is 6.30. The van der Waals surface area contributed by atoms with Crippen molar-refractivity contribution < 1.29 is 0 Å². The van der Waals surface area contributed by atoms with Gasteiger partial charge in [0.15, 0.2) is 0 Å². The zero-order chi connectivity index (χ0) is 8.85. The van der Waals surface area contributed by atoms with Gasteiger partial charge < -0.3 is 0 Å². The predicted octanol–water partition coefficient (Wildman–Crippen LogP) is 3.98. The van der Waals surface area contributed by atoms with Crippen molar-refractivity contribution >= 4 is 11.6 Å². The van der Waals surface area contributed by atoms with Crippen molar-refractivity contribution in [2.24, 2.45) is 0 Å². The van der Waals surface area contributed by atoms with Gasteiger partial charge in [0.25, 0.3) is 0 Å². The Hall–Kier alpha value is -0.490. The van der Waals surface area contributed by atoms with Crippen molar-refractivity contribution in [3.63, 3.8) is 0 Å². The predicted molar refractivity (Wildman–Crippen MR) is 52.3 cm³/mol. The van der Waals surface area contributed by atoms with Crippen LogP contribution in [0.4, 0.5) is 0 Å². The van der Waals surface area contributed by atoms with Crippen LogP contribution >= 0.6 is 11.6 Å². The van der Waals surface area contributed by atoms with E-state index in [-0.39, 0.29) is 0 Å². The minimum Gasteiger partial charge on any atom is -0.0843 e. The molecule has 0 aliphatic rings. The molecule has 0 aliphatic heterocycles. The van der Waals surface area contributed by atoms with E-state index in [2.05, 4.69) is 6.07 Å². The Morgan fingerprint density at radius 2 is 1.27 bits per heavy atom. The van der Waals surface area contributed by atoms with E-state index in [0.717, 1.165) is 5.02 Å². The molecule has 0 nitrogen and oxygen atoms in total. The Labute approximate surface area is 74.2 Å². The summed E-state index contributed by atoms with van der Waals surface area (Å²) in [6.07, 6.45) is 0. The van der Waals surface area contributed by atoms with Crippen molar-refractivity contribution in [2.45, 2.75) is 27.7 Å². The van der Waals surface area contributed by atoms with E-state index in [4.69, 9.17) is 11.6 Å². The summed E-state index contributed by atoms with van der Waals surface area (Å²) in [6.45, 7) is 8.08. The summed E-state index contributed by atoms with van der Waals surface area (Å²) in [5.41, 5.74) is 2.44. The van der Waals surface area contributed by atoms with Crippen LogP contribution in [0.15, 0.2) is 18.2 Å². The summed E-state index contributed by atoms with van der Waals surface area (Å²) in [5.74, 6) is 0. The van der Waals surface area contributed by atoms with Crippen molar-refractivity contribution in [1.82, 2.24) is 0 Å². The maximum atomic E-state index is 5.75. The molecule has 0 fully saturated rings. The van der Waals surface area contributed by atoms with Gasteiger partial charge in [-0.05, 0) is 37.1 Å². The Morgan fingerprint density at radius 3 is 1.55 bits per heavy atom. The SMILES string of the molecule is CC.Cc1cc(C)cc(Cl)c1. The zero-order valence-electron chi connectivity index (χ0n) is 7.61. The monoisotopic (exact) mass is 170 g/mol. The first-order chi connectivity index (χ1) is 5.18. The number of hydrogen-bond donors (Lipinski definition) is 0. The van der Waals surface area contributed by atoms with Crippen LogP contribution in [0.2, 0.25) is 5.02 Å². The quantitative estimate of drug-likeness (QED) is 0.553. The Balaban J connectivity index is 0.000000461. The van der Waals surface area contributed by atoms with Gasteiger partial charge in [-0.1, -0.05) is 31.5 Å². The molecule has 0 bridgehead atoms. The molecule has 0 saturated heterocycles. The van der Waals surface area contributed by atoms with Crippen LogP contribution in [-0.2, 0) is 0 Å². The standard InChI is InChI=1S/C8H9Cl.C2H6/c1-6-3-7(2)5-8(9)4-6;1-2/h3-5H,1-2H3;1-2H3. The molecule has 0 aliphatic carbocycles. The highest BCUT2D eigenvalue weighted by Crippen LogP contribution is 2.12. The lowest BCUT2D eigenvalue weighted by Crippen LogP contribution is -1.74. The Kier molecular flexibility index (Phi) is 4.97. The van der Waals surface area contributed by atoms with Crippen LogP contribution in [0.25, 0.3) is 0 Å².